The van der Waals surface area contributed by atoms with Gasteiger partial charge in [0.25, 0.3) is 5.91 Å². The summed E-state index contributed by atoms with van der Waals surface area (Å²) in [4.78, 5) is 15.0. The van der Waals surface area contributed by atoms with Crippen LogP contribution in [0, 0.1) is 11.8 Å². The van der Waals surface area contributed by atoms with Gasteiger partial charge in [0.05, 0.1) is 7.11 Å². The van der Waals surface area contributed by atoms with Crippen molar-refractivity contribution in [3.05, 3.63) is 23.8 Å². The summed E-state index contributed by atoms with van der Waals surface area (Å²) in [7, 11) is -2.25. The molecule has 0 spiro atoms. The van der Waals surface area contributed by atoms with Gasteiger partial charge in [0.15, 0.2) is 0 Å². The summed E-state index contributed by atoms with van der Waals surface area (Å²) in [5.41, 5.74) is 0.418. The number of ether oxygens (including phenoxy) is 1. The first-order valence-electron chi connectivity index (χ1n) is 9.97. The van der Waals surface area contributed by atoms with E-state index in [0.29, 0.717) is 11.5 Å². The minimum absolute atomic E-state index is 0.00407. The Kier molecular flexibility index (Phi) is 5.16. The van der Waals surface area contributed by atoms with E-state index in [2.05, 4.69) is 4.72 Å². The van der Waals surface area contributed by atoms with Crippen LogP contribution in [0.25, 0.3) is 0 Å². The lowest BCUT2D eigenvalue weighted by atomic mass is 9.75. The average molecular weight is 393 g/mol. The van der Waals surface area contributed by atoms with E-state index in [0.717, 1.165) is 38.3 Å². The van der Waals surface area contributed by atoms with Gasteiger partial charge in [-0.3, -0.25) is 4.79 Å². The number of fused-ring (bicyclic) bond motifs is 1. The lowest BCUT2D eigenvalue weighted by molar-refractivity contribution is 0.0520. The average Bonchev–Trinajstić information content (AvgIpc) is 3.49. The molecule has 1 saturated heterocycles. The molecule has 1 aromatic carbocycles. The smallest absolute Gasteiger partial charge is 0.253 e. The number of likely N-dealkylation sites (tertiary alicyclic amines) is 1. The van der Waals surface area contributed by atoms with E-state index < -0.39 is 10.0 Å². The summed E-state index contributed by atoms with van der Waals surface area (Å²) < 4.78 is 33.3. The fraction of sp³-hybridized carbons (Fsp3) is 0.650. The number of amides is 1. The Morgan fingerprint density at radius 1 is 1.11 bits per heavy atom. The SMILES string of the molecule is COc1ccc(C(=O)N2CCC3CCCCC3C2)cc1S(=O)(=O)NC1CC1. The molecule has 1 aliphatic heterocycles. The van der Waals surface area contributed by atoms with Crippen molar-refractivity contribution >= 4 is 15.9 Å². The van der Waals surface area contributed by atoms with Gasteiger partial charge in [0, 0.05) is 24.7 Å². The van der Waals surface area contributed by atoms with Gasteiger partial charge in [-0.1, -0.05) is 19.3 Å². The monoisotopic (exact) mass is 392 g/mol. The fourth-order valence-electron chi connectivity index (χ4n) is 4.47. The molecular formula is C20H28N2O4S. The van der Waals surface area contributed by atoms with Gasteiger partial charge in [-0.05, 0) is 55.7 Å². The van der Waals surface area contributed by atoms with Crippen LogP contribution in [-0.4, -0.2) is 45.5 Å². The zero-order valence-corrected chi connectivity index (χ0v) is 16.6. The second-order valence-corrected chi connectivity index (χ2v) is 9.79. The first-order chi connectivity index (χ1) is 13.0. The molecule has 2 atom stereocenters. The molecule has 2 unspecified atom stereocenters. The molecular weight excluding hydrogens is 364 g/mol. The quantitative estimate of drug-likeness (QED) is 0.836. The highest BCUT2D eigenvalue weighted by Crippen LogP contribution is 2.37. The van der Waals surface area contributed by atoms with Crippen LogP contribution < -0.4 is 9.46 Å². The zero-order chi connectivity index (χ0) is 19.0. The lowest BCUT2D eigenvalue weighted by Gasteiger charge is -2.41. The van der Waals surface area contributed by atoms with E-state index in [1.54, 1.807) is 12.1 Å². The minimum Gasteiger partial charge on any atom is -0.495 e. The number of hydrogen-bond acceptors (Lipinski definition) is 4. The van der Waals surface area contributed by atoms with Gasteiger partial charge >= 0.3 is 0 Å². The van der Waals surface area contributed by atoms with Gasteiger partial charge in [-0.15, -0.1) is 0 Å². The van der Waals surface area contributed by atoms with Crippen molar-refractivity contribution in [3.63, 3.8) is 0 Å². The molecule has 1 amide bonds. The molecule has 3 fully saturated rings. The van der Waals surface area contributed by atoms with Crippen molar-refractivity contribution < 1.29 is 17.9 Å². The normalized spacial score (nSPS) is 25.7. The second-order valence-electron chi connectivity index (χ2n) is 8.11. The van der Waals surface area contributed by atoms with E-state index in [4.69, 9.17) is 4.74 Å². The van der Waals surface area contributed by atoms with Crippen LogP contribution >= 0.6 is 0 Å². The number of carbonyl (C=O) groups is 1. The summed E-state index contributed by atoms with van der Waals surface area (Å²) in [6.45, 7) is 1.55. The van der Waals surface area contributed by atoms with Gasteiger partial charge in [0.1, 0.15) is 10.6 Å². The number of rotatable bonds is 5. The number of carbonyl (C=O) groups excluding carboxylic acids is 1. The first kappa shape index (κ1) is 18.7. The molecule has 4 rings (SSSR count). The highest BCUT2D eigenvalue weighted by molar-refractivity contribution is 7.89. The summed E-state index contributed by atoms with van der Waals surface area (Å²) in [5, 5.41) is 0. The molecule has 0 radical (unpaired) electrons. The molecule has 0 aromatic heterocycles. The first-order valence-corrected chi connectivity index (χ1v) is 11.5. The Balaban J connectivity index is 1.56. The summed E-state index contributed by atoms with van der Waals surface area (Å²) >= 11 is 0. The van der Waals surface area contributed by atoms with Crippen LogP contribution in [0.5, 0.6) is 5.75 Å². The van der Waals surface area contributed by atoms with Crippen LogP contribution in [0.1, 0.15) is 55.3 Å². The number of hydrogen-bond donors (Lipinski definition) is 1. The highest BCUT2D eigenvalue weighted by Gasteiger charge is 2.34. The number of sulfonamides is 1. The van der Waals surface area contributed by atoms with E-state index in [1.165, 1.54) is 38.9 Å². The van der Waals surface area contributed by atoms with Gasteiger partial charge < -0.3 is 9.64 Å². The number of nitrogens with zero attached hydrogens (tertiary/aromatic N) is 1. The van der Waals surface area contributed by atoms with Crippen LogP contribution in [0.3, 0.4) is 0 Å². The maximum absolute atomic E-state index is 13.1. The lowest BCUT2D eigenvalue weighted by Crippen LogP contribution is -2.44. The topological polar surface area (TPSA) is 75.7 Å². The number of nitrogens with one attached hydrogen (secondary N) is 1. The van der Waals surface area contributed by atoms with Crippen LogP contribution in [0.2, 0.25) is 0 Å². The van der Waals surface area contributed by atoms with Gasteiger partial charge in [0.2, 0.25) is 10.0 Å². The maximum atomic E-state index is 13.1. The Morgan fingerprint density at radius 3 is 2.56 bits per heavy atom. The van der Waals surface area contributed by atoms with E-state index in [1.807, 2.05) is 4.90 Å². The molecule has 7 heteroatoms. The van der Waals surface area contributed by atoms with Crippen molar-refractivity contribution in [1.82, 2.24) is 9.62 Å². The summed E-state index contributed by atoms with van der Waals surface area (Å²) in [6.07, 6.45) is 7.81. The standard InChI is InChI=1S/C20H28N2O4S/c1-26-18-9-6-15(12-19(18)27(24,25)21-17-7-8-17)20(23)22-11-10-14-4-2-3-5-16(14)13-22/h6,9,12,14,16-17,21H,2-5,7-8,10-11,13H2,1H3. The van der Waals surface area contributed by atoms with Gasteiger partial charge in [-0.25, -0.2) is 13.1 Å². The Morgan fingerprint density at radius 2 is 1.85 bits per heavy atom. The van der Waals surface area contributed by atoms with Crippen molar-refractivity contribution in [2.75, 3.05) is 20.2 Å². The third-order valence-electron chi connectivity index (χ3n) is 6.18. The van der Waals surface area contributed by atoms with E-state index in [-0.39, 0.29) is 22.6 Å². The van der Waals surface area contributed by atoms with Gasteiger partial charge in [-0.2, -0.15) is 0 Å². The predicted molar refractivity (Wildman–Crippen MR) is 102 cm³/mol. The Labute approximate surface area is 161 Å². The molecule has 27 heavy (non-hydrogen) atoms. The predicted octanol–water partition coefficient (Wildman–Crippen LogP) is 2.79. The molecule has 2 aliphatic carbocycles. The molecule has 0 bridgehead atoms. The largest absolute Gasteiger partial charge is 0.495 e. The molecule has 6 nitrogen and oxygen atoms in total. The number of methoxy groups -OCH3 is 1. The summed E-state index contributed by atoms with van der Waals surface area (Å²) in [5.74, 6) is 1.53. The zero-order valence-electron chi connectivity index (χ0n) is 15.8. The van der Waals surface area contributed by atoms with Crippen molar-refractivity contribution in [3.8, 4) is 5.75 Å². The molecule has 1 aromatic rings. The molecule has 3 aliphatic rings. The second kappa shape index (κ2) is 7.43. The molecule has 1 N–H and O–H groups in total. The fourth-order valence-corrected chi connectivity index (χ4v) is 5.97. The summed E-state index contributed by atoms with van der Waals surface area (Å²) in [6, 6.07) is 4.73. The third kappa shape index (κ3) is 3.99. The Bertz CT molecular complexity index is 819. The van der Waals surface area contributed by atoms with E-state index >= 15 is 0 Å². The van der Waals surface area contributed by atoms with E-state index in [9.17, 15) is 13.2 Å². The highest BCUT2D eigenvalue weighted by atomic mass is 32.2. The van der Waals surface area contributed by atoms with Crippen LogP contribution in [-0.2, 0) is 10.0 Å². The number of piperidine rings is 1. The maximum Gasteiger partial charge on any atom is 0.253 e. The van der Waals surface area contributed by atoms with Crippen molar-refractivity contribution in [1.29, 1.82) is 0 Å². The van der Waals surface area contributed by atoms with Crippen molar-refractivity contribution in [2.45, 2.75) is 55.9 Å². The third-order valence-corrected chi connectivity index (χ3v) is 7.72. The molecule has 2 saturated carbocycles. The van der Waals surface area contributed by atoms with Crippen LogP contribution in [0.4, 0.5) is 0 Å². The molecule has 148 valence electrons. The Hall–Kier alpha value is -1.60. The molecule has 1 heterocycles. The van der Waals surface area contributed by atoms with Crippen LogP contribution in [0.15, 0.2) is 23.1 Å². The van der Waals surface area contributed by atoms with Crippen molar-refractivity contribution in [2.24, 2.45) is 11.8 Å². The minimum atomic E-state index is -3.69. The number of benzene rings is 1.